The number of hydrogen-bond donors (Lipinski definition) is 1. The summed E-state index contributed by atoms with van der Waals surface area (Å²) in [7, 11) is 0. The Bertz CT molecular complexity index is 1410. The Morgan fingerprint density at radius 1 is 1.16 bits per heavy atom. The summed E-state index contributed by atoms with van der Waals surface area (Å²) in [6.45, 7) is 2.66. The highest BCUT2D eigenvalue weighted by Crippen LogP contribution is 2.30. The number of halogens is 4. The summed E-state index contributed by atoms with van der Waals surface area (Å²) in [5.74, 6) is -0.887. The van der Waals surface area contributed by atoms with Crippen molar-refractivity contribution in [1.29, 1.82) is 5.26 Å². The third-order valence-electron chi connectivity index (χ3n) is 6.32. The second-order valence-corrected chi connectivity index (χ2v) is 8.84. The fourth-order valence-corrected chi connectivity index (χ4v) is 4.52. The van der Waals surface area contributed by atoms with Crippen LogP contribution in [0.2, 0.25) is 0 Å². The Morgan fingerprint density at radius 2 is 1.97 bits per heavy atom. The van der Waals surface area contributed by atoms with E-state index in [4.69, 9.17) is 5.26 Å². The second-order valence-electron chi connectivity index (χ2n) is 8.84. The Balaban J connectivity index is 1.29. The number of carbonyl (C=O) groups is 1. The molecule has 1 aromatic carbocycles. The number of nitrogens with zero attached hydrogens (tertiary/aromatic N) is 8. The zero-order valence-electron chi connectivity index (χ0n) is 19.7. The fraction of sp³-hybridized carbons (Fsp3) is 0.391. The molecule has 0 fully saturated rings. The SMILES string of the molecule is Cc1nc2c(c(Nc3ccc(C#N)cc3F)n1)CN(CC(=O)N1CCn3c(nnc3C(F)(F)F)C1)CC2. The van der Waals surface area contributed by atoms with Crippen LogP contribution >= 0.6 is 0 Å². The molecule has 10 nitrogen and oxygen atoms in total. The first-order valence-corrected chi connectivity index (χ1v) is 11.4. The molecule has 0 atom stereocenters. The maximum absolute atomic E-state index is 14.5. The smallest absolute Gasteiger partial charge is 0.337 e. The first kappa shape index (κ1) is 24.6. The standard InChI is InChI=1S/C23H21F4N9O/c1-13-29-17-4-5-34(10-15(17)21(30-13)31-18-3-2-14(9-28)8-16(18)24)12-20(37)35-6-7-36-19(11-35)32-33-22(36)23(25,26)27/h2-3,8H,4-7,10-12H2,1H3,(H,29,30,31). The van der Waals surface area contributed by atoms with Crippen molar-refractivity contribution in [3.63, 3.8) is 0 Å². The van der Waals surface area contributed by atoms with E-state index in [0.717, 1.165) is 21.9 Å². The van der Waals surface area contributed by atoms with Gasteiger partial charge in [0.25, 0.3) is 0 Å². The number of amides is 1. The number of carbonyl (C=O) groups excluding carboxylic acids is 1. The Morgan fingerprint density at radius 3 is 2.70 bits per heavy atom. The molecule has 1 N–H and O–H groups in total. The van der Waals surface area contributed by atoms with Crippen molar-refractivity contribution in [3.8, 4) is 6.07 Å². The lowest BCUT2D eigenvalue weighted by atomic mass is 10.1. The van der Waals surface area contributed by atoms with E-state index < -0.39 is 17.8 Å². The number of rotatable bonds is 4. The maximum Gasteiger partial charge on any atom is 0.451 e. The Kier molecular flexibility index (Phi) is 6.24. The minimum Gasteiger partial charge on any atom is -0.337 e. The van der Waals surface area contributed by atoms with E-state index in [9.17, 15) is 22.4 Å². The van der Waals surface area contributed by atoms with Crippen LogP contribution in [0, 0.1) is 24.1 Å². The van der Waals surface area contributed by atoms with Gasteiger partial charge in [-0.05, 0) is 25.1 Å². The first-order chi connectivity index (χ1) is 17.6. The predicted molar refractivity (Wildman–Crippen MR) is 121 cm³/mol. The number of nitrogens with one attached hydrogen (secondary N) is 1. The summed E-state index contributed by atoms with van der Waals surface area (Å²) in [4.78, 5) is 25.3. The molecule has 5 rings (SSSR count). The number of nitriles is 1. The number of hydrogen-bond acceptors (Lipinski definition) is 8. The summed E-state index contributed by atoms with van der Waals surface area (Å²) in [5.41, 5.74) is 1.86. The highest BCUT2D eigenvalue weighted by molar-refractivity contribution is 5.78. The van der Waals surface area contributed by atoms with E-state index in [1.54, 1.807) is 6.92 Å². The van der Waals surface area contributed by atoms with Crippen LogP contribution in [0.4, 0.5) is 29.1 Å². The topological polar surface area (TPSA) is 116 Å². The summed E-state index contributed by atoms with van der Waals surface area (Å²) < 4.78 is 54.8. The van der Waals surface area contributed by atoms with Gasteiger partial charge in [-0.2, -0.15) is 18.4 Å². The van der Waals surface area contributed by atoms with Gasteiger partial charge in [-0.1, -0.05) is 0 Å². The van der Waals surface area contributed by atoms with Gasteiger partial charge < -0.3 is 14.8 Å². The molecule has 1 amide bonds. The van der Waals surface area contributed by atoms with Gasteiger partial charge >= 0.3 is 6.18 Å². The molecule has 3 aromatic rings. The van der Waals surface area contributed by atoms with Crippen LogP contribution in [-0.4, -0.2) is 60.1 Å². The Labute approximate surface area is 208 Å². The predicted octanol–water partition coefficient (Wildman–Crippen LogP) is 2.55. The Hall–Kier alpha value is -4.12. The van der Waals surface area contributed by atoms with E-state index in [0.29, 0.717) is 31.2 Å². The van der Waals surface area contributed by atoms with Crippen LogP contribution in [0.15, 0.2) is 18.2 Å². The van der Waals surface area contributed by atoms with E-state index in [1.807, 2.05) is 11.0 Å². The number of alkyl halides is 3. The van der Waals surface area contributed by atoms with E-state index in [2.05, 4.69) is 25.5 Å². The lowest BCUT2D eigenvalue weighted by Crippen LogP contribution is -2.45. The molecule has 0 bridgehead atoms. The molecule has 0 spiro atoms. The van der Waals surface area contributed by atoms with Crippen LogP contribution in [0.1, 0.15) is 34.3 Å². The van der Waals surface area contributed by atoms with Crippen LogP contribution in [0.3, 0.4) is 0 Å². The van der Waals surface area contributed by atoms with Crippen molar-refractivity contribution in [2.75, 3.05) is 25.0 Å². The van der Waals surface area contributed by atoms with Crippen molar-refractivity contribution >= 4 is 17.4 Å². The van der Waals surface area contributed by atoms with Gasteiger partial charge in [0.15, 0.2) is 5.82 Å². The average molecular weight is 515 g/mol. The molecular weight excluding hydrogens is 494 g/mol. The zero-order chi connectivity index (χ0) is 26.3. The van der Waals surface area contributed by atoms with Gasteiger partial charge in [-0.25, -0.2) is 14.4 Å². The third-order valence-corrected chi connectivity index (χ3v) is 6.32. The van der Waals surface area contributed by atoms with Crippen molar-refractivity contribution in [2.45, 2.75) is 39.2 Å². The molecule has 37 heavy (non-hydrogen) atoms. The molecule has 2 aromatic heterocycles. The quantitative estimate of drug-likeness (QED) is 0.527. The third kappa shape index (κ3) is 4.94. The van der Waals surface area contributed by atoms with Crippen LogP contribution < -0.4 is 5.32 Å². The van der Waals surface area contributed by atoms with Gasteiger partial charge in [0.1, 0.15) is 17.5 Å². The number of anilines is 2. The van der Waals surface area contributed by atoms with Gasteiger partial charge in [-0.3, -0.25) is 9.69 Å². The van der Waals surface area contributed by atoms with E-state index >= 15 is 0 Å². The highest BCUT2D eigenvalue weighted by Gasteiger charge is 2.40. The molecule has 14 heteroatoms. The van der Waals surface area contributed by atoms with Gasteiger partial charge in [0.05, 0.1) is 36.1 Å². The minimum atomic E-state index is -4.61. The largest absolute Gasteiger partial charge is 0.451 e. The van der Waals surface area contributed by atoms with E-state index in [1.165, 1.54) is 17.0 Å². The second kappa shape index (κ2) is 9.40. The van der Waals surface area contributed by atoms with Crippen LogP contribution in [-0.2, 0) is 37.0 Å². The molecule has 0 saturated heterocycles. The van der Waals surface area contributed by atoms with E-state index in [-0.39, 0.29) is 49.2 Å². The summed E-state index contributed by atoms with van der Waals surface area (Å²) in [6.07, 6.45) is -4.06. The maximum atomic E-state index is 14.5. The van der Waals surface area contributed by atoms with Crippen molar-refractivity contribution in [2.24, 2.45) is 0 Å². The van der Waals surface area contributed by atoms with Gasteiger partial charge in [0.2, 0.25) is 11.7 Å². The van der Waals surface area contributed by atoms with Gasteiger partial charge in [0, 0.05) is 38.2 Å². The van der Waals surface area contributed by atoms with Crippen LogP contribution in [0.5, 0.6) is 0 Å². The average Bonchev–Trinajstić information content (AvgIpc) is 3.29. The minimum absolute atomic E-state index is 0.0386. The van der Waals surface area contributed by atoms with Crippen molar-refractivity contribution in [3.05, 3.63) is 58.3 Å². The molecule has 2 aliphatic rings. The molecule has 0 radical (unpaired) electrons. The highest BCUT2D eigenvalue weighted by atomic mass is 19.4. The monoisotopic (exact) mass is 515 g/mol. The number of aromatic nitrogens is 5. The molecule has 4 heterocycles. The van der Waals surface area contributed by atoms with Gasteiger partial charge in [-0.15, -0.1) is 10.2 Å². The first-order valence-electron chi connectivity index (χ1n) is 11.4. The molecular formula is C23H21F4N9O. The lowest BCUT2D eigenvalue weighted by molar-refractivity contribution is -0.148. The summed E-state index contributed by atoms with van der Waals surface area (Å²) in [5, 5.41) is 18.8. The lowest BCUT2D eigenvalue weighted by Gasteiger charge is -2.33. The van der Waals surface area contributed by atoms with Crippen LogP contribution in [0.25, 0.3) is 0 Å². The summed E-state index contributed by atoms with van der Waals surface area (Å²) >= 11 is 0. The molecule has 192 valence electrons. The number of fused-ring (bicyclic) bond motifs is 2. The molecule has 2 aliphatic heterocycles. The number of benzene rings is 1. The molecule has 0 saturated carbocycles. The zero-order valence-corrected chi connectivity index (χ0v) is 19.7. The fourth-order valence-electron chi connectivity index (χ4n) is 4.52. The normalized spacial score (nSPS) is 15.6. The number of aryl methyl sites for hydroxylation is 1. The summed E-state index contributed by atoms with van der Waals surface area (Å²) in [6, 6.07) is 5.97. The molecule has 0 aliphatic carbocycles. The van der Waals surface area contributed by atoms with Crippen molar-refractivity contribution < 1.29 is 22.4 Å². The molecule has 0 unspecified atom stereocenters. The van der Waals surface area contributed by atoms with Crippen molar-refractivity contribution in [1.82, 2.24) is 34.5 Å².